The molecule has 0 atom stereocenters. The molecule has 0 amide bonds. The minimum absolute atomic E-state index is 0.670. The van der Waals surface area contributed by atoms with Crippen LogP contribution < -0.4 is 0 Å². The topological polar surface area (TPSA) is 46.5 Å². The van der Waals surface area contributed by atoms with Gasteiger partial charge in [0.15, 0.2) is 0 Å². The molecule has 0 radical (unpaired) electrons. The average Bonchev–Trinajstić information content (AvgIpc) is 3.65. The third-order valence-electron chi connectivity index (χ3n) is 9.10. The summed E-state index contributed by atoms with van der Waals surface area (Å²) < 4.78 is 2.33. The number of rotatable bonds is 2. The van der Waals surface area contributed by atoms with Crippen molar-refractivity contribution in [1.29, 1.82) is 0 Å². The molecule has 0 saturated carbocycles. The number of fused-ring (bicyclic) bond motifs is 13. The molecule has 4 nitrogen and oxygen atoms in total. The summed E-state index contributed by atoms with van der Waals surface area (Å²) in [6.07, 6.45) is 0. The van der Waals surface area contributed by atoms with Crippen molar-refractivity contribution in [2.75, 3.05) is 0 Å². The second-order valence-corrected chi connectivity index (χ2v) is 11.5. The van der Waals surface area contributed by atoms with Gasteiger partial charge in [-0.15, -0.1) is 0 Å². The molecule has 0 saturated heterocycles. The normalized spacial score (nSPS) is 12.1. The first-order chi connectivity index (χ1) is 21.8. The van der Waals surface area contributed by atoms with Crippen molar-refractivity contribution < 1.29 is 0 Å². The fraction of sp³-hybridized carbons (Fsp3) is 0. The minimum atomic E-state index is 0.670. The van der Waals surface area contributed by atoms with E-state index in [1.165, 1.54) is 43.1 Å². The zero-order chi connectivity index (χ0) is 28.8. The highest BCUT2D eigenvalue weighted by atomic mass is 15.2. The molecular formula is C40H24N4. The molecule has 204 valence electrons. The van der Waals surface area contributed by atoms with Crippen LogP contribution in [0, 0.1) is 0 Å². The van der Waals surface area contributed by atoms with Gasteiger partial charge >= 0.3 is 0 Å². The Labute approximate surface area is 251 Å². The Morgan fingerprint density at radius 2 is 1.14 bits per heavy atom. The lowest BCUT2D eigenvalue weighted by molar-refractivity contribution is 1.02. The fourth-order valence-electron chi connectivity index (χ4n) is 7.25. The number of hydrogen-bond donors (Lipinski definition) is 1. The van der Waals surface area contributed by atoms with Crippen LogP contribution in [0.15, 0.2) is 140 Å². The molecule has 0 fully saturated rings. The van der Waals surface area contributed by atoms with E-state index in [2.05, 4.69) is 143 Å². The molecule has 0 aliphatic rings. The van der Waals surface area contributed by atoms with Crippen LogP contribution in [-0.4, -0.2) is 19.5 Å². The van der Waals surface area contributed by atoms with E-state index in [0.29, 0.717) is 5.95 Å². The molecule has 10 rings (SSSR count). The van der Waals surface area contributed by atoms with E-state index >= 15 is 0 Å². The summed E-state index contributed by atoms with van der Waals surface area (Å²) in [4.78, 5) is 14.5. The molecule has 3 aromatic heterocycles. The number of H-pyrrole nitrogens is 1. The van der Waals surface area contributed by atoms with E-state index in [0.717, 1.165) is 44.2 Å². The number of nitrogens with one attached hydrogen (secondary N) is 1. The van der Waals surface area contributed by atoms with E-state index in [9.17, 15) is 0 Å². The standard InChI is InChI=1S/C40H24N4/c1-2-13-25(14-3-1)36-30-19-9-11-21-33(30)42-40(43-36)44-38-26-15-5-4-12-24(26)22-23-31(38)35-34-29-18-8-10-20-32(29)41-37(34)27-16-6-7-17-28(27)39(35)44/h1-23,41H. The van der Waals surface area contributed by atoms with Gasteiger partial charge in [-0.1, -0.05) is 127 Å². The highest BCUT2D eigenvalue weighted by molar-refractivity contribution is 6.38. The van der Waals surface area contributed by atoms with Gasteiger partial charge in [-0.2, -0.15) is 0 Å². The Hall–Kier alpha value is -6.00. The van der Waals surface area contributed by atoms with Gasteiger partial charge in [-0.25, -0.2) is 9.97 Å². The van der Waals surface area contributed by atoms with Crippen LogP contribution in [0.25, 0.3) is 93.3 Å². The SMILES string of the molecule is c1ccc(-c2nc(-n3c4c5ccccc5ccc4c4c5c6ccccc6[nH]c5c5ccccc5c43)nc3ccccc23)cc1. The fourth-order valence-corrected chi connectivity index (χ4v) is 7.25. The summed E-state index contributed by atoms with van der Waals surface area (Å²) in [5.74, 6) is 0.670. The van der Waals surface area contributed by atoms with Crippen molar-refractivity contribution in [3.63, 3.8) is 0 Å². The molecule has 0 spiro atoms. The molecule has 7 aromatic carbocycles. The van der Waals surface area contributed by atoms with Crippen molar-refractivity contribution in [3.05, 3.63) is 140 Å². The molecule has 1 N–H and O–H groups in total. The van der Waals surface area contributed by atoms with E-state index in [1.807, 2.05) is 6.07 Å². The van der Waals surface area contributed by atoms with Gasteiger partial charge in [0.05, 0.1) is 27.8 Å². The van der Waals surface area contributed by atoms with Gasteiger partial charge in [0.2, 0.25) is 5.95 Å². The lowest BCUT2D eigenvalue weighted by Crippen LogP contribution is -2.04. The molecule has 4 heteroatoms. The Morgan fingerprint density at radius 1 is 0.455 bits per heavy atom. The lowest BCUT2D eigenvalue weighted by atomic mass is 9.98. The minimum Gasteiger partial charge on any atom is -0.354 e. The van der Waals surface area contributed by atoms with E-state index in [1.54, 1.807) is 0 Å². The largest absolute Gasteiger partial charge is 0.354 e. The van der Waals surface area contributed by atoms with Gasteiger partial charge in [-0.3, -0.25) is 4.57 Å². The Balaban J connectivity index is 1.51. The number of aromatic nitrogens is 4. The number of benzene rings is 7. The van der Waals surface area contributed by atoms with E-state index < -0.39 is 0 Å². The molecule has 0 unspecified atom stereocenters. The molecule has 10 aromatic rings. The number of aromatic amines is 1. The Morgan fingerprint density at radius 3 is 2.00 bits per heavy atom. The maximum Gasteiger partial charge on any atom is 0.235 e. The third-order valence-corrected chi connectivity index (χ3v) is 9.10. The van der Waals surface area contributed by atoms with Gasteiger partial charge in [0.25, 0.3) is 0 Å². The first kappa shape index (κ1) is 23.6. The van der Waals surface area contributed by atoms with Crippen LogP contribution in [0.1, 0.15) is 0 Å². The van der Waals surface area contributed by atoms with Crippen molar-refractivity contribution in [2.45, 2.75) is 0 Å². The highest BCUT2D eigenvalue weighted by Gasteiger charge is 2.24. The van der Waals surface area contributed by atoms with Gasteiger partial charge < -0.3 is 4.98 Å². The quantitative estimate of drug-likeness (QED) is 0.229. The predicted octanol–water partition coefficient (Wildman–Crippen LogP) is 10.3. The monoisotopic (exact) mass is 560 g/mol. The summed E-state index contributed by atoms with van der Waals surface area (Å²) in [5, 5.41) is 10.6. The third kappa shape index (κ3) is 3.11. The van der Waals surface area contributed by atoms with Crippen LogP contribution in [0.3, 0.4) is 0 Å². The van der Waals surface area contributed by atoms with Crippen LogP contribution in [0.4, 0.5) is 0 Å². The van der Waals surface area contributed by atoms with Gasteiger partial charge in [0.1, 0.15) is 0 Å². The molecule has 3 heterocycles. The van der Waals surface area contributed by atoms with Crippen LogP contribution in [-0.2, 0) is 0 Å². The summed E-state index contributed by atoms with van der Waals surface area (Å²) in [7, 11) is 0. The average molecular weight is 561 g/mol. The Kier molecular flexibility index (Phi) is 4.69. The second kappa shape index (κ2) is 8.76. The lowest BCUT2D eigenvalue weighted by Gasteiger charge is -2.13. The van der Waals surface area contributed by atoms with Crippen LogP contribution >= 0.6 is 0 Å². The molecule has 0 aliphatic heterocycles. The summed E-state index contributed by atoms with van der Waals surface area (Å²) in [5.41, 5.74) is 7.46. The van der Waals surface area contributed by atoms with E-state index in [4.69, 9.17) is 9.97 Å². The maximum absolute atomic E-state index is 5.40. The molecule has 0 bridgehead atoms. The van der Waals surface area contributed by atoms with E-state index in [-0.39, 0.29) is 0 Å². The van der Waals surface area contributed by atoms with Crippen molar-refractivity contribution in [1.82, 2.24) is 19.5 Å². The second-order valence-electron chi connectivity index (χ2n) is 11.5. The predicted molar refractivity (Wildman–Crippen MR) is 184 cm³/mol. The number of nitrogens with zero attached hydrogens (tertiary/aromatic N) is 3. The first-order valence-corrected chi connectivity index (χ1v) is 14.9. The smallest absolute Gasteiger partial charge is 0.235 e. The zero-order valence-corrected chi connectivity index (χ0v) is 23.6. The van der Waals surface area contributed by atoms with Crippen LogP contribution in [0.2, 0.25) is 0 Å². The molecular weight excluding hydrogens is 536 g/mol. The molecule has 44 heavy (non-hydrogen) atoms. The van der Waals surface area contributed by atoms with Gasteiger partial charge in [0, 0.05) is 54.2 Å². The summed E-state index contributed by atoms with van der Waals surface area (Å²) in [6, 6.07) is 49.3. The zero-order valence-electron chi connectivity index (χ0n) is 23.6. The van der Waals surface area contributed by atoms with Crippen molar-refractivity contribution in [3.8, 4) is 17.2 Å². The maximum atomic E-state index is 5.40. The highest BCUT2D eigenvalue weighted by Crippen LogP contribution is 2.46. The summed E-state index contributed by atoms with van der Waals surface area (Å²) >= 11 is 0. The number of hydrogen-bond acceptors (Lipinski definition) is 2. The Bertz CT molecular complexity index is 2770. The number of para-hydroxylation sites is 2. The van der Waals surface area contributed by atoms with Crippen LogP contribution in [0.5, 0.6) is 0 Å². The summed E-state index contributed by atoms with van der Waals surface area (Å²) in [6.45, 7) is 0. The molecule has 0 aliphatic carbocycles. The van der Waals surface area contributed by atoms with Gasteiger partial charge in [-0.05, 0) is 17.5 Å². The van der Waals surface area contributed by atoms with Crippen molar-refractivity contribution >= 4 is 76.1 Å². The first-order valence-electron chi connectivity index (χ1n) is 14.9. The van der Waals surface area contributed by atoms with Crippen molar-refractivity contribution in [2.24, 2.45) is 0 Å².